The molecule has 2 aromatic rings. The fraction of sp³-hybridized carbons (Fsp3) is 0.231. The van der Waals surface area contributed by atoms with Crippen LogP contribution in [-0.2, 0) is 5.60 Å². The molecule has 0 radical (unpaired) electrons. The summed E-state index contributed by atoms with van der Waals surface area (Å²) in [7, 11) is 0. The van der Waals surface area contributed by atoms with Crippen LogP contribution < -0.4 is 5.32 Å². The topological polar surface area (TPSA) is 101 Å². The summed E-state index contributed by atoms with van der Waals surface area (Å²) in [6.07, 6.45) is 2.20. The molecule has 0 aliphatic rings. The molecule has 2 rings (SSSR count). The van der Waals surface area contributed by atoms with Crippen molar-refractivity contribution in [1.82, 2.24) is 9.97 Å². The quantitative estimate of drug-likeness (QED) is 0.649. The Labute approximate surface area is 125 Å². The first-order chi connectivity index (χ1) is 9.88. The van der Waals surface area contributed by atoms with Crippen LogP contribution in [0.25, 0.3) is 0 Å². The van der Waals surface area contributed by atoms with Crippen LogP contribution in [0.3, 0.4) is 0 Å². The SMILES string of the molecule is CC(O)(CNc1ncc([N+](=O)[O-])cn1)c1cccc(Cl)c1. The van der Waals surface area contributed by atoms with Crippen molar-refractivity contribution in [2.24, 2.45) is 0 Å². The van der Waals surface area contributed by atoms with E-state index in [-0.39, 0.29) is 18.2 Å². The highest BCUT2D eigenvalue weighted by Crippen LogP contribution is 2.23. The molecule has 21 heavy (non-hydrogen) atoms. The molecule has 0 aliphatic heterocycles. The molecule has 2 N–H and O–H groups in total. The van der Waals surface area contributed by atoms with E-state index >= 15 is 0 Å². The number of nitrogens with one attached hydrogen (secondary N) is 1. The molecule has 1 atom stereocenters. The van der Waals surface area contributed by atoms with Gasteiger partial charge >= 0.3 is 5.69 Å². The zero-order valence-electron chi connectivity index (χ0n) is 11.2. The van der Waals surface area contributed by atoms with Crippen LogP contribution in [0, 0.1) is 10.1 Å². The minimum atomic E-state index is -1.18. The lowest BCUT2D eigenvalue weighted by atomic mass is 9.96. The van der Waals surface area contributed by atoms with Crippen molar-refractivity contribution in [3.63, 3.8) is 0 Å². The van der Waals surface area contributed by atoms with Gasteiger partial charge in [-0.3, -0.25) is 10.1 Å². The first-order valence-corrected chi connectivity index (χ1v) is 6.45. The minimum absolute atomic E-state index is 0.130. The number of halogens is 1. The summed E-state index contributed by atoms with van der Waals surface area (Å²) in [5, 5.41) is 24.3. The molecule has 1 aromatic heterocycles. The molecule has 8 heteroatoms. The third-order valence-corrected chi connectivity index (χ3v) is 3.12. The van der Waals surface area contributed by atoms with E-state index in [0.717, 1.165) is 12.4 Å². The number of aliphatic hydroxyl groups is 1. The van der Waals surface area contributed by atoms with Crippen molar-refractivity contribution >= 4 is 23.2 Å². The molecule has 1 unspecified atom stereocenters. The van der Waals surface area contributed by atoms with Gasteiger partial charge in [0.25, 0.3) is 0 Å². The Kier molecular flexibility index (Phi) is 4.35. The first-order valence-electron chi connectivity index (χ1n) is 6.07. The van der Waals surface area contributed by atoms with Crippen molar-refractivity contribution in [1.29, 1.82) is 0 Å². The number of hydrogen-bond acceptors (Lipinski definition) is 6. The predicted molar refractivity (Wildman–Crippen MR) is 78.2 cm³/mol. The van der Waals surface area contributed by atoms with E-state index in [4.69, 9.17) is 11.6 Å². The summed E-state index contributed by atoms with van der Waals surface area (Å²) in [4.78, 5) is 17.5. The van der Waals surface area contributed by atoms with Crippen molar-refractivity contribution in [3.05, 3.63) is 57.4 Å². The van der Waals surface area contributed by atoms with E-state index in [0.29, 0.717) is 10.6 Å². The molecular formula is C13H13ClN4O3. The monoisotopic (exact) mass is 308 g/mol. The molecule has 7 nitrogen and oxygen atoms in total. The van der Waals surface area contributed by atoms with Crippen LogP contribution in [-0.4, -0.2) is 26.5 Å². The van der Waals surface area contributed by atoms with Crippen molar-refractivity contribution in [2.75, 3.05) is 11.9 Å². The van der Waals surface area contributed by atoms with Crippen LogP contribution in [0.5, 0.6) is 0 Å². The Hall–Kier alpha value is -2.25. The van der Waals surface area contributed by atoms with E-state index in [1.54, 1.807) is 31.2 Å². The number of anilines is 1. The average Bonchev–Trinajstić information content (AvgIpc) is 2.45. The second-order valence-electron chi connectivity index (χ2n) is 4.66. The third kappa shape index (κ3) is 3.87. The van der Waals surface area contributed by atoms with Gasteiger partial charge < -0.3 is 10.4 Å². The second-order valence-corrected chi connectivity index (χ2v) is 5.10. The third-order valence-electron chi connectivity index (χ3n) is 2.89. The number of nitro groups is 1. The Morgan fingerprint density at radius 2 is 2.10 bits per heavy atom. The highest BCUT2D eigenvalue weighted by atomic mass is 35.5. The van der Waals surface area contributed by atoms with Crippen LogP contribution in [0.2, 0.25) is 5.02 Å². The molecule has 1 heterocycles. The number of aromatic nitrogens is 2. The lowest BCUT2D eigenvalue weighted by molar-refractivity contribution is -0.385. The molecule has 0 saturated carbocycles. The van der Waals surface area contributed by atoms with Gasteiger partial charge in [-0.1, -0.05) is 23.7 Å². The standard InChI is InChI=1S/C13H13ClN4O3/c1-13(19,9-3-2-4-10(14)5-9)8-17-12-15-6-11(7-16-12)18(20)21/h2-7,19H,8H2,1H3,(H,15,16,17). The second kappa shape index (κ2) is 6.02. The smallest absolute Gasteiger partial charge is 0.305 e. The predicted octanol–water partition coefficient (Wildman–Crippen LogP) is 2.36. The minimum Gasteiger partial charge on any atom is -0.384 e. The normalized spacial score (nSPS) is 13.5. The molecule has 0 aliphatic carbocycles. The first kappa shape index (κ1) is 15.1. The van der Waals surface area contributed by atoms with E-state index < -0.39 is 10.5 Å². The summed E-state index contributed by atoms with van der Waals surface area (Å²) in [5.74, 6) is 0.197. The van der Waals surface area contributed by atoms with Crippen LogP contribution >= 0.6 is 11.6 Å². The number of hydrogen-bond donors (Lipinski definition) is 2. The lowest BCUT2D eigenvalue weighted by Gasteiger charge is -2.24. The molecule has 0 amide bonds. The van der Waals surface area contributed by atoms with Crippen molar-refractivity contribution in [2.45, 2.75) is 12.5 Å². The Morgan fingerprint density at radius 3 is 2.67 bits per heavy atom. The molecule has 0 fully saturated rings. The Morgan fingerprint density at radius 1 is 1.43 bits per heavy atom. The van der Waals surface area contributed by atoms with Gasteiger partial charge in [-0.05, 0) is 24.6 Å². The Balaban J connectivity index is 2.06. The van der Waals surface area contributed by atoms with Crippen LogP contribution in [0.1, 0.15) is 12.5 Å². The fourth-order valence-electron chi connectivity index (χ4n) is 1.68. The Bertz CT molecular complexity index is 646. The van der Waals surface area contributed by atoms with Gasteiger partial charge in [0.2, 0.25) is 5.95 Å². The number of benzene rings is 1. The summed E-state index contributed by atoms with van der Waals surface area (Å²) < 4.78 is 0. The van der Waals surface area contributed by atoms with Crippen LogP contribution in [0.4, 0.5) is 11.6 Å². The zero-order valence-corrected chi connectivity index (χ0v) is 11.9. The van der Waals surface area contributed by atoms with E-state index in [1.807, 2.05) is 0 Å². The van der Waals surface area contributed by atoms with Crippen molar-refractivity contribution < 1.29 is 10.0 Å². The molecule has 0 saturated heterocycles. The van der Waals surface area contributed by atoms with Gasteiger partial charge in [-0.2, -0.15) is 0 Å². The zero-order chi connectivity index (χ0) is 15.5. The van der Waals surface area contributed by atoms with Gasteiger partial charge in [-0.15, -0.1) is 0 Å². The number of nitrogens with zero attached hydrogens (tertiary/aromatic N) is 3. The molecule has 110 valence electrons. The average molecular weight is 309 g/mol. The van der Waals surface area contributed by atoms with Gasteiger partial charge in [0.1, 0.15) is 18.0 Å². The number of rotatable bonds is 5. The van der Waals surface area contributed by atoms with Gasteiger partial charge in [0, 0.05) is 5.02 Å². The van der Waals surface area contributed by atoms with Gasteiger partial charge in [0.15, 0.2) is 0 Å². The maximum atomic E-state index is 10.5. The molecule has 1 aromatic carbocycles. The fourth-order valence-corrected chi connectivity index (χ4v) is 1.87. The molecule has 0 bridgehead atoms. The highest BCUT2D eigenvalue weighted by molar-refractivity contribution is 6.30. The van der Waals surface area contributed by atoms with Crippen LogP contribution in [0.15, 0.2) is 36.7 Å². The van der Waals surface area contributed by atoms with Crippen molar-refractivity contribution in [3.8, 4) is 0 Å². The molecule has 0 spiro atoms. The summed E-state index contributed by atoms with van der Waals surface area (Å²) in [6, 6.07) is 6.88. The lowest BCUT2D eigenvalue weighted by Crippen LogP contribution is -2.31. The highest BCUT2D eigenvalue weighted by Gasteiger charge is 2.23. The largest absolute Gasteiger partial charge is 0.384 e. The maximum Gasteiger partial charge on any atom is 0.305 e. The summed E-state index contributed by atoms with van der Waals surface area (Å²) in [5.41, 5.74) is -0.734. The van der Waals surface area contributed by atoms with E-state index in [1.165, 1.54) is 0 Å². The summed E-state index contributed by atoms with van der Waals surface area (Å²) >= 11 is 5.90. The van der Waals surface area contributed by atoms with E-state index in [2.05, 4.69) is 15.3 Å². The molecular weight excluding hydrogens is 296 g/mol. The summed E-state index contributed by atoms with van der Waals surface area (Å²) in [6.45, 7) is 1.75. The maximum absolute atomic E-state index is 10.5. The van der Waals surface area contributed by atoms with Gasteiger partial charge in [-0.25, -0.2) is 9.97 Å². The van der Waals surface area contributed by atoms with Gasteiger partial charge in [0.05, 0.1) is 11.5 Å². The van der Waals surface area contributed by atoms with E-state index in [9.17, 15) is 15.2 Å².